The van der Waals surface area contributed by atoms with Gasteiger partial charge in [0.2, 0.25) is 5.41 Å². The number of nitrogens with zero attached hydrogens (tertiary/aromatic N) is 3. The maximum absolute atomic E-state index is 13.5. The van der Waals surface area contributed by atoms with Crippen molar-refractivity contribution in [2.75, 3.05) is 28.4 Å². The quantitative estimate of drug-likeness (QED) is 0.0558. The fraction of sp³-hybridized carbons (Fsp3) is 0.222. The van der Waals surface area contributed by atoms with Crippen molar-refractivity contribution in [2.45, 2.75) is 39.5 Å². The Morgan fingerprint density at radius 1 is 0.554 bits per heavy atom. The Morgan fingerprint density at radius 2 is 0.969 bits per heavy atom. The molecule has 20 nitrogen and oxygen atoms in total. The third kappa shape index (κ3) is 13.2. The number of carbonyl (C=O) groups excluding carboxylic acids is 8. The van der Waals surface area contributed by atoms with Crippen LogP contribution < -0.4 is 14.2 Å². The van der Waals surface area contributed by atoms with E-state index in [0.29, 0.717) is 21.0 Å². The Hall–Kier alpha value is -8.55. The lowest BCUT2D eigenvalue weighted by Crippen LogP contribution is -2.47. The minimum absolute atomic E-state index is 0.0168. The highest BCUT2D eigenvalue weighted by atomic mass is 16.6. The standard InChI is InChI=1S/C27H22N2O8.C9H7NO2.C5H8O4.C4H6O3/c1-15(30)36-19-9-5-7-17-11-13-21(28-23(17)19)27(25(32)34-3,26(33)35-4)22-14-12-18-8-6-10-20(24(18)29-22)37-16(2)31;11-8-5-1-3-7-4-2-6-10(12)9(7)8;1-8-4(6)3-5(7)9-2;1-3(5)7-4(2)6/h5-14H,1-4H3;1-6,11H;3H2,1-2H3;1-2H3. The summed E-state index contributed by atoms with van der Waals surface area (Å²) in [6, 6.07) is 24.5. The fourth-order valence-electron chi connectivity index (χ4n) is 5.76. The summed E-state index contributed by atoms with van der Waals surface area (Å²) in [4.78, 5) is 99.5. The number of hydrogen-bond donors (Lipinski definition) is 1. The topological polar surface area (TPSA) is 274 Å². The molecule has 0 radical (unpaired) electrons. The van der Waals surface area contributed by atoms with Crippen LogP contribution in [0.2, 0.25) is 0 Å². The summed E-state index contributed by atoms with van der Waals surface area (Å²) < 4.78 is 33.7. The number of rotatable bonds is 8. The second-order valence-electron chi connectivity index (χ2n) is 12.9. The molecule has 0 unspecified atom stereocenters. The number of hydrogen-bond acceptors (Lipinski definition) is 19. The molecular formula is C45H43N3O17. The van der Waals surface area contributed by atoms with Gasteiger partial charge in [0.15, 0.2) is 23.4 Å². The van der Waals surface area contributed by atoms with Crippen molar-refractivity contribution in [1.29, 1.82) is 0 Å². The lowest BCUT2D eigenvalue weighted by molar-refractivity contribution is -0.577. The molecule has 3 aromatic heterocycles. The number of pyridine rings is 3. The van der Waals surface area contributed by atoms with E-state index in [1.807, 2.05) is 0 Å². The Kier molecular flexibility index (Phi) is 18.5. The predicted molar refractivity (Wildman–Crippen MR) is 227 cm³/mol. The number of esters is 8. The number of aromatic nitrogens is 3. The number of carbonyl (C=O) groups is 8. The molecule has 6 rings (SSSR count). The molecule has 0 aliphatic carbocycles. The summed E-state index contributed by atoms with van der Waals surface area (Å²) in [6.45, 7) is 4.86. The van der Waals surface area contributed by atoms with E-state index in [1.54, 1.807) is 60.7 Å². The van der Waals surface area contributed by atoms with Crippen molar-refractivity contribution in [3.8, 4) is 17.2 Å². The first-order valence-electron chi connectivity index (χ1n) is 18.8. The molecule has 0 aliphatic rings. The molecule has 0 bridgehead atoms. The van der Waals surface area contributed by atoms with Gasteiger partial charge in [-0.25, -0.2) is 19.6 Å². The zero-order chi connectivity index (χ0) is 48.4. The second-order valence-corrected chi connectivity index (χ2v) is 12.9. The molecule has 6 aromatic rings. The third-order valence-electron chi connectivity index (χ3n) is 8.42. The van der Waals surface area contributed by atoms with Gasteiger partial charge >= 0.3 is 47.8 Å². The summed E-state index contributed by atoms with van der Waals surface area (Å²) in [6.07, 6.45) is 1.05. The van der Waals surface area contributed by atoms with Crippen LogP contribution in [-0.4, -0.2) is 91.3 Å². The van der Waals surface area contributed by atoms with Gasteiger partial charge in [-0.3, -0.25) is 28.8 Å². The first-order chi connectivity index (χ1) is 30.8. The van der Waals surface area contributed by atoms with Gasteiger partial charge in [0.25, 0.3) is 5.52 Å². The van der Waals surface area contributed by atoms with Gasteiger partial charge in [0.1, 0.15) is 17.5 Å². The molecule has 65 heavy (non-hydrogen) atoms. The Labute approximate surface area is 370 Å². The molecule has 20 heteroatoms. The fourth-order valence-corrected chi connectivity index (χ4v) is 5.76. The summed E-state index contributed by atoms with van der Waals surface area (Å²) in [7, 11) is 4.67. The zero-order valence-electron chi connectivity index (χ0n) is 36.3. The molecule has 0 saturated carbocycles. The van der Waals surface area contributed by atoms with Crippen molar-refractivity contribution >= 4 is 80.5 Å². The smallest absolute Gasteiger partial charge is 0.335 e. The molecule has 0 atom stereocenters. The number of benzene rings is 3. The van der Waals surface area contributed by atoms with Gasteiger partial charge < -0.3 is 43.5 Å². The van der Waals surface area contributed by atoms with E-state index in [1.165, 1.54) is 78.4 Å². The van der Waals surface area contributed by atoms with E-state index in [9.17, 15) is 48.7 Å². The van der Waals surface area contributed by atoms with E-state index < -0.39 is 53.2 Å². The average molecular weight is 898 g/mol. The van der Waals surface area contributed by atoms with Crippen molar-refractivity contribution in [3.63, 3.8) is 0 Å². The van der Waals surface area contributed by atoms with Crippen LogP contribution in [0.25, 0.3) is 32.7 Å². The highest BCUT2D eigenvalue weighted by molar-refractivity contribution is 6.10. The number of phenols is 1. The number of aromatic hydroxyl groups is 1. The van der Waals surface area contributed by atoms with E-state index in [-0.39, 0.29) is 46.1 Å². The zero-order valence-corrected chi connectivity index (χ0v) is 36.3. The molecular weight excluding hydrogens is 854 g/mol. The van der Waals surface area contributed by atoms with Crippen molar-refractivity contribution in [1.82, 2.24) is 9.97 Å². The van der Waals surface area contributed by atoms with Crippen LogP contribution in [0.5, 0.6) is 17.2 Å². The first-order valence-corrected chi connectivity index (χ1v) is 18.8. The van der Waals surface area contributed by atoms with Crippen molar-refractivity contribution < 1.29 is 81.4 Å². The Bertz CT molecular complexity index is 2570. The molecule has 340 valence electrons. The molecule has 0 amide bonds. The Balaban J connectivity index is 0.000000322. The van der Waals surface area contributed by atoms with E-state index >= 15 is 0 Å². The second kappa shape index (κ2) is 23.6. The number of fused-ring (bicyclic) bond motifs is 3. The summed E-state index contributed by atoms with van der Waals surface area (Å²) in [5.74, 6) is -5.15. The van der Waals surface area contributed by atoms with Crippen molar-refractivity contribution in [2.24, 2.45) is 0 Å². The molecule has 0 aliphatic heterocycles. The summed E-state index contributed by atoms with van der Waals surface area (Å²) in [5.41, 5.74) is -1.63. The van der Waals surface area contributed by atoms with Gasteiger partial charge in [-0.1, -0.05) is 42.5 Å². The minimum atomic E-state index is -2.27. The SMILES string of the molecule is CC(=O)OC(C)=O.COC(=O)C(C(=O)OC)(c1ccc2cccc(OC(C)=O)c2n1)c1ccc2cccc(OC(C)=O)c2n1.COC(=O)CC(=O)OC.[O-][n+]1cccc2cccc(O)c21. The lowest BCUT2D eigenvalue weighted by atomic mass is 9.79. The summed E-state index contributed by atoms with van der Waals surface area (Å²) in [5, 5.41) is 22.4. The normalized spacial score (nSPS) is 10.2. The largest absolute Gasteiger partial charge is 0.618 e. The minimum Gasteiger partial charge on any atom is -0.618 e. The van der Waals surface area contributed by atoms with Gasteiger partial charge in [0, 0.05) is 44.5 Å². The third-order valence-corrected chi connectivity index (χ3v) is 8.42. The monoisotopic (exact) mass is 897 g/mol. The van der Waals surface area contributed by atoms with Gasteiger partial charge in [-0.2, -0.15) is 4.73 Å². The van der Waals surface area contributed by atoms with Crippen LogP contribution in [0.1, 0.15) is 45.5 Å². The van der Waals surface area contributed by atoms with Gasteiger partial charge in [0.05, 0.1) is 45.2 Å². The van der Waals surface area contributed by atoms with Crippen LogP contribution >= 0.6 is 0 Å². The van der Waals surface area contributed by atoms with Crippen molar-refractivity contribution in [3.05, 3.63) is 114 Å². The molecule has 0 spiro atoms. The van der Waals surface area contributed by atoms with E-state index in [2.05, 4.69) is 24.2 Å². The van der Waals surface area contributed by atoms with Crippen LogP contribution in [0.3, 0.4) is 0 Å². The van der Waals surface area contributed by atoms with Crippen LogP contribution in [-0.2, 0) is 67.5 Å². The van der Waals surface area contributed by atoms with E-state index in [0.717, 1.165) is 19.6 Å². The molecule has 1 N–H and O–H groups in total. The highest BCUT2D eigenvalue weighted by Gasteiger charge is 2.55. The maximum atomic E-state index is 13.5. The molecule has 3 heterocycles. The lowest BCUT2D eigenvalue weighted by Gasteiger charge is -2.28. The predicted octanol–water partition coefficient (Wildman–Crippen LogP) is 4.26. The van der Waals surface area contributed by atoms with Gasteiger partial charge in [-0.15, -0.1) is 0 Å². The average Bonchev–Trinajstić information content (AvgIpc) is 3.26. The van der Waals surface area contributed by atoms with Crippen LogP contribution in [0.15, 0.2) is 97.2 Å². The Morgan fingerprint density at radius 3 is 1.34 bits per heavy atom. The van der Waals surface area contributed by atoms with Crippen LogP contribution in [0.4, 0.5) is 0 Å². The first kappa shape index (κ1) is 50.8. The molecule has 0 fully saturated rings. The molecule has 0 saturated heterocycles. The number of phenolic OH excluding ortho intramolecular Hbond substituents is 1. The van der Waals surface area contributed by atoms with Crippen LogP contribution in [0, 0.1) is 5.21 Å². The number of methoxy groups -OCH3 is 4. The van der Waals surface area contributed by atoms with Gasteiger partial charge in [-0.05, 0) is 42.5 Å². The summed E-state index contributed by atoms with van der Waals surface area (Å²) >= 11 is 0. The number of ether oxygens (including phenoxy) is 7. The number of para-hydroxylation sites is 3. The molecule has 3 aromatic carbocycles. The maximum Gasteiger partial charge on any atom is 0.335 e. The van der Waals surface area contributed by atoms with E-state index in [4.69, 9.17) is 18.9 Å². The highest BCUT2D eigenvalue weighted by Crippen LogP contribution is 2.37.